The van der Waals surface area contributed by atoms with Gasteiger partial charge in [0.05, 0.1) is 4.75 Å². The molecule has 2 heterocycles. The zero-order valence-electron chi connectivity index (χ0n) is 8.35. The molecule has 2 atom stereocenters. The molecule has 0 aromatic rings. The number of carbonyl (C=O) groups is 2. The lowest BCUT2D eigenvalue weighted by molar-refractivity contribution is -0.195. The summed E-state index contributed by atoms with van der Waals surface area (Å²) in [4.78, 5) is 23.5. The number of aliphatic hydroxyl groups is 1. The number of rotatable bonds is 1. The van der Waals surface area contributed by atoms with Gasteiger partial charge in [0, 0.05) is 5.57 Å². The molecule has 2 aliphatic heterocycles. The summed E-state index contributed by atoms with van der Waals surface area (Å²) in [6, 6.07) is 0. The number of fused-ring (bicyclic) bond motifs is 1. The number of hydrogen-bond donors (Lipinski definition) is 2. The van der Waals surface area contributed by atoms with Crippen LogP contribution < -0.4 is 0 Å². The largest absolute Gasteiger partial charge is 0.478 e. The van der Waals surface area contributed by atoms with Crippen LogP contribution in [0.2, 0.25) is 0 Å². The number of carboxylic acid groups (broad SMARTS) is 1. The Kier molecular flexibility index (Phi) is 1.80. The number of thioether (sulfide) groups is 1. The fourth-order valence-electron chi connectivity index (χ4n) is 1.91. The highest BCUT2D eigenvalue weighted by Crippen LogP contribution is 2.56. The summed E-state index contributed by atoms with van der Waals surface area (Å²) in [5.74, 6) is -1.88. The van der Waals surface area contributed by atoms with Crippen molar-refractivity contribution in [1.82, 2.24) is 4.90 Å². The van der Waals surface area contributed by atoms with Crippen LogP contribution >= 0.6 is 11.8 Å². The second-order valence-corrected chi connectivity index (χ2v) is 5.86. The van der Waals surface area contributed by atoms with Gasteiger partial charge >= 0.3 is 5.97 Å². The Hall–Kier alpha value is -1.01. The molecular weight excluding hydrogens is 218 g/mol. The van der Waals surface area contributed by atoms with Crippen molar-refractivity contribution in [3.05, 3.63) is 12.2 Å². The predicted molar refractivity (Wildman–Crippen MR) is 54.0 cm³/mol. The third-order valence-electron chi connectivity index (χ3n) is 2.92. The minimum absolute atomic E-state index is 0.352. The molecule has 2 saturated heterocycles. The van der Waals surface area contributed by atoms with E-state index in [2.05, 4.69) is 6.58 Å². The number of aliphatic carboxylic acids is 1. The van der Waals surface area contributed by atoms with Crippen LogP contribution in [0.5, 0.6) is 0 Å². The van der Waals surface area contributed by atoms with Gasteiger partial charge in [0.25, 0.3) is 11.6 Å². The molecule has 82 valence electrons. The van der Waals surface area contributed by atoms with Crippen LogP contribution in [0.1, 0.15) is 13.8 Å². The van der Waals surface area contributed by atoms with Crippen molar-refractivity contribution in [3.8, 4) is 0 Å². The van der Waals surface area contributed by atoms with Crippen molar-refractivity contribution >= 4 is 23.6 Å². The second-order valence-electron chi connectivity index (χ2n) is 4.16. The summed E-state index contributed by atoms with van der Waals surface area (Å²) in [5, 5.41) is 18.8. The van der Waals surface area contributed by atoms with Gasteiger partial charge in [-0.25, -0.2) is 4.79 Å². The molecule has 2 fully saturated rings. The number of carboxylic acids is 1. The molecule has 15 heavy (non-hydrogen) atoms. The summed E-state index contributed by atoms with van der Waals surface area (Å²) in [6.07, 6.45) is 0. The maximum absolute atomic E-state index is 11.4. The lowest BCUT2D eigenvalue weighted by Crippen LogP contribution is -2.67. The average Bonchev–Trinajstić information content (AvgIpc) is 2.33. The van der Waals surface area contributed by atoms with Crippen LogP contribution in [0.4, 0.5) is 0 Å². The Morgan fingerprint density at radius 2 is 2.13 bits per heavy atom. The first-order chi connectivity index (χ1) is 6.73. The molecule has 0 aromatic carbocycles. The van der Waals surface area contributed by atoms with Gasteiger partial charge in [0.2, 0.25) is 0 Å². The normalized spacial score (nSPS) is 37.5. The molecule has 2 aliphatic rings. The first-order valence-corrected chi connectivity index (χ1v) is 5.27. The average molecular weight is 229 g/mol. The molecule has 0 radical (unpaired) electrons. The fourth-order valence-corrected chi connectivity index (χ4v) is 3.41. The van der Waals surface area contributed by atoms with Gasteiger partial charge in [-0.3, -0.25) is 9.69 Å². The Balaban J connectivity index is 2.50. The van der Waals surface area contributed by atoms with Gasteiger partial charge in [-0.05, 0) is 13.8 Å². The first-order valence-electron chi connectivity index (χ1n) is 4.39. The molecule has 0 unspecified atom stereocenters. The number of β-lactam (4-membered cyclic amide) rings is 1. The minimum atomic E-state index is -2.14. The highest BCUT2D eigenvalue weighted by molar-refractivity contribution is 8.02. The topological polar surface area (TPSA) is 77.8 Å². The van der Waals surface area contributed by atoms with Gasteiger partial charge in [0.15, 0.2) is 0 Å². The van der Waals surface area contributed by atoms with E-state index in [1.165, 1.54) is 11.8 Å². The van der Waals surface area contributed by atoms with E-state index >= 15 is 0 Å². The van der Waals surface area contributed by atoms with Crippen LogP contribution in [-0.2, 0) is 9.59 Å². The molecule has 5 nitrogen and oxygen atoms in total. The van der Waals surface area contributed by atoms with Crippen LogP contribution in [0, 0.1) is 0 Å². The molecule has 2 rings (SSSR count). The zero-order chi connectivity index (χ0) is 11.6. The summed E-state index contributed by atoms with van der Waals surface area (Å²) < 4.78 is -0.946. The molecule has 0 aromatic heterocycles. The van der Waals surface area contributed by atoms with Gasteiger partial charge in [0.1, 0.15) is 5.37 Å². The van der Waals surface area contributed by atoms with Gasteiger partial charge in [-0.2, -0.15) is 0 Å². The molecular formula is C9H11NO4S. The fraction of sp³-hybridized carbons (Fsp3) is 0.556. The highest BCUT2D eigenvalue weighted by Gasteiger charge is 2.70. The van der Waals surface area contributed by atoms with Gasteiger partial charge in [-0.15, -0.1) is 11.8 Å². The molecule has 0 aliphatic carbocycles. The van der Waals surface area contributed by atoms with E-state index in [1.54, 1.807) is 13.8 Å². The maximum atomic E-state index is 11.4. The van der Waals surface area contributed by atoms with E-state index in [-0.39, 0.29) is 0 Å². The summed E-state index contributed by atoms with van der Waals surface area (Å²) in [7, 11) is 0. The van der Waals surface area contributed by atoms with Gasteiger partial charge in [-0.1, -0.05) is 6.58 Å². The quantitative estimate of drug-likeness (QED) is 0.489. The zero-order valence-corrected chi connectivity index (χ0v) is 9.17. The van der Waals surface area contributed by atoms with Crippen molar-refractivity contribution in [3.63, 3.8) is 0 Å². The predicted octanol–water partition coefficient (Wildman–Crippen LogP) is 0.00950. The monoisotopic (exact) mass is 229 g/mol. The number of carbonyl (C=O) groups excluding carboxylic acids is 1. The lowest BCUT2D eigenvalue weighted by Gasteiger charge is -2.43. The highest BCUT2D eigenvalue weighted by atomic mass is 32.2. The van der Waals surface area contributed by atoms with Crippen molar-refractivity contribution in [1.29, 1.82) is 0 Å². The van der Waals surface area contributed by atoms with E-state index < -0.39 is 27.7 Å². The van der Waals surface area contributed by atoms with Crippen molar-refractivity contribution in [2.75, 3.05) is 0 Å². The van der Waals surface area contributed by atoms with Crippen molar-refractivity contribution in [2.45, 2.75) is 29.7 Å². The van der Waals surface area contributed by atoms with E-state index in [0.29, 0.717) is 5.57 Å². The summed E-state index contributed by atoms with van der Waals surface area (Å²) in [6.45, 7) is 6.76. The molecule has 6 heteroatoms. The van der Waals surface area contributed by atoms with Crippen LogP contribution in [0.25, 0.3) is 0 Å². The Bertz CT molecular complexity index is 392. The van der Waals surface area contributed by atoms with E-state index in [1.807, 2.05) is 0 Å². The van der Waals surface area contributed by atoms with Crippen LogP contribution in [0.3, 0.4) is 0 Å². The minimum Gasteiger partial charge on any atom is -0.478 e. The standard InChI is InChI=1S/C9H11NO4S/c1-4-5(11)10-6(4)15-8(2,3)9(10,14)7(12)13/h6,14H,1H2,2-3H3,(H,12,13)/t6-,9+/m1/s1. The second kappa shape index (κ2) is 2.56. The third-order valence-corrected chi connectivity index (χ3v) is 4.51. The molecule has 0 bridgehead atoms. The van der Waals surface area contributed by atoms with E-state index in [9.17, 15) is 14.7 Å². The number of hydrogen-bond acceptors (Lipinski definition) is 4. The number of nitrogens with zero attached hydrogens (tertiary/aromatic N) is 1. The van der Waals surface area contributed by atoms with Crippen LogP contribution in [-0.4, -0.2) is 42.8 Å². The molecule has 2 N–H and O–H groups in total. The Morgan fingerprint density at radius 1 is 1.60 bits per heavy atom. The summed E-state index contributed by atoms with van der Waals surface area (Å²) >= 11 is 1.24. The number of amides is 1. The Labute approximate surface area is 90.8 Å². The molecule has 1 amide bonds. The maximum Gasteiger partial charge on any atom is 0.359 e. The van der Waals surface area contributed by atoms with Gasteiger partial charge < -0.3 is 10.2 Å². The molecule has 0 saturated carbocycles. The SMILES string of the molecule is C=C1C(=O)N2[C@@H]1SC(C)(C)[C@@]2(O)C(=O)O. The smallest absolute Gasteiger partial charge is 0.359 e. The Morgan fingerprint density at radius 3 is 2.60 bits per heavy atom. The van der Waals surface area contributed by atoms with Crippen LogP contribution in [0.15, 0.2) is 12.2 Å². The molecule has 0 spiro atoms. The third kappa shape index (κ3) is 0.934. The van der Waals surface area contributed by atoms with E-state index in [4.69, 9.17) is 5.11 Å². The van der Waals surface area contributed by atoms with Crippen molar-refractivity contribution < 1.29 is 19.8 Å². The first kappa shape index (κ1) is 10.5. The van der Waals surface area contributed by atoms with E-state index in [0.717, 1.165) is 4.90 Å². The lowest BCUT2D eigenvalue weighted by atomic mass is 9.92. The summed E-state index contributed by atoms with van der Waals surface area (Å²) in [5.41, 5.74) is -1.79. The van der Waals surface area contributed by atoms with Crippen molar-refractivity contribution in [2.24, 2.45) is 0 Å².